The Morgan fingerprint density at radius 1 is 0.842 bits per heavy atom. The van der Waals surface area contributed by atoms with Crippen molar-refractivity contribution in [3.63, 3.8) is 0 Å². The minimum atomic E-state index is -3.99. The van der Waals surface area contributed by atoms with Gasteiger partial charge in [-0.15, -0.1) is 0 Å². The summed E-state index contributed by atoms with van der Waals surface area (Å²) in [4.78, 5) is 13.1. The first-order valence-corrected chi connectivity index (χ1v) is 15.5. The number of nitrogens with zero attached hydrogens (tertiary/aromatic N) is 2. The van der Waals surface area contributed by atoms with Crippen molar-refractivity contribution in [2.75, 3.05) is 19.6 Å². The number of hydrogen-bond donors (Lipinski definition) is 1. The number of amides is 1. The molecular formula is C27H30ClN3O5S2. The Balaban J connectivity index is 1.45. The van der Waals surface area contributed by atoms with Crippen LogP contribution < -0.4 is 5.32 Å². The van der Waals surface area contributed by atoms with Crippen LogP contribution in [-0.4, -0.2) is 51.0 Å². The number of nitrogens with one attached hydrogen (secondary N) is 1. The number of rotatable bonds is 10. The summed E-state index contributed by atoms with van der Waals surface area (Å²) < 4.78 is 54.9. The normalized spacial score (nSPS) is 14.6. The van der Waals surface area contributed by atoms with Gasteiger partial charge in [0.25, 0.3) is 0 Å². The molecule has 1 N–H and O–H groups in total. The number of carbonyl (C=O) groups is 1. The molecular weight excluding hydrogens is 546 g/mol. The molecule has 1 saturated heterocycles. The van der Waals surface area contributed by atoms with Gasteiger partial charge in [-0.05, 0) is 67.3 Å². The fourth-order valence-electron chi connectivity index (χ4n) is 4.15. The van der Waals surface area contributed by atoms with Gasteiger partial charge in [-0.3, -0.25) is 4.79 Å². The van der Waals surface area contributed by atoms with Gasteiger partial charge in [0, 0.05) is 31.2 Å². The highest BCUT2D eigenvalue weighted by molar-refractivity contribution is 7.89. The molecule has 1 amide bonds. The van der Waals surface area contributed by atoms with Crippen LogP contribution in [0, 0.1) is 6.92 Å². The number of halogens is 1. The van der Waals surface area contributed by atoms with Crippen molar-refractivity contribution in [1.82, 2.24) is 13.9 Å². The van der Waals surface area contributed by atoms with E-state index >= 15 is 0 Å². The van der Waals surface area contributed by atoms with E-state index in [4.69, 9.17) is 11.6 Å². The van der Waals surface area contributed by atoms with Gasteiger partial charge in [-0.1, -0.05) is 53.6 Å². The zero-order valence-corrected chi connectivity index (χ0v) is 23.4. The standard InChI is InChI=1S/C27H30ClN3O5S2/c1-21-4-6-23(7-5-21)19-31(38(35,36)26-14-10-24(28)11-15-26)20-27(32)29-18-22-8-12-25(13-9-22)37(33,34)30-16-2-3-17-30/h4-15H,2-3,16-20H2,1H3,(H,29,32). The predicted molar refractivity (Wildman–Crippen MR) is 147 cm³/mol. The van der Waals surface area contributed by atoms with Crippen molar-refractivity contribution in [3.05, 3.63) is 94.5 Å². The highest BCUT2D eigenvalue weighted by Crippen LogP contribution is 2.22. The minimum absolute atomic E-state index is 0.0156. The largest absolute Gasteiger partial charge is 0.351 e. The third-order valence-corrected chi connectivity index (χ3v) is 10.3. The molecule has 0 aromatic heterocycles. The van der Waals surface area contributed by atoms with Gasteiger partial charge in [-0.25, -0.2) is 16.8 Å². The van der Waals surface area contributed by atoms with Gasteiger partial charge >= 0.3 is 0 Å². The number of benzene rings is 3. The number of carbonyl (C=O) groups excluding carboxylic acids is 1. The zero-order valence-electron chi connectivity index (χ0n) is 21.0. The second kappa shape index (κ2) is 12.0. The lowest BCUT2D eigenvalue weighted by Gasteiger charge is -2.22. The highest BCUT2D eigenvalue weighted by atomic mass is 35.5. The molecule has 11 heteroatoms. The average molecular weight is 576 g/mol. The van der Waals surface area contributed by atoms with Crippen molar-refractivity contribution >= 4 is 37.6 Å². The van der Waals surface area contributed by atoms with E-state index in [9.17, 15) is 21.6 Å². The lowest BCUT2D eigenvalue weighted by atomic mass is 10.1. The zero-order chi connectivity index (χ0) is 27.3. The third kappa shape index (κ3) is 6.81. The molecule has 0 aliphatic carbocycles. The van der Waals surface area contributed by atoms with Gasteiger partial charge in [-0.2, -0.15) is 8.61 Å². The van der Waals surface area contributed by atoms with Crippen LogP contribution in [0.4, 0.5) is 0 Å². The molecule has 38 heavy (non-hydrogen) atoms. The minimum Gasteiger partial charge on any atom is -0.351 e. The maximum Gasteiger partial charge on any atom is 0.243 e. The Morgan fingerprint density at radius 3 is 2.00 bits per heavy atom. The Bertz CT molecular complexity index is 1470. The van der Waals surface area contributed by atoms with Crippen LogP contribution >= 0.6 is 11.6 Å². The summed E-state index contributed by atoms with van der Waals surface area (Å²) in [6, 6.07) is 19.6. The molecule has 0 unspecified atom stereocenters. The highest BCUT2D eigenvalue weighted by Gasteiger charge is 2.28. The number of hydrogen-bond acceptors (Lipinski definition) is 5. The van der Waals surface area contributed by atoms with Crippen LogP contribution in [0.25, 0.3) is 0 Å². The second-order valence-electron chi connectivity index (χ2n) is 9.24. The van der Waals surface area contributed by atoms with E-state index in [1.165, 1.54) is 40.7 Å². The van der Waals surface area contributed by atoms with E-state index in [0.717, 1.165) is 28.3 Å². The van der Waals surface area contributed by atoms with Gasteiger partial charge < -0.3 is 5.32 Å². The summed E-state index contributed by atoms with van der Waals surface area (Å²) >= 11 is 5.93. The summed E-state index contributed by atoms with van der Waals surface area (Å²) in [6.45, 7) is 2.74. The van der Waals surface area contributed by atoms with Crippen molar-refractivity contribution in [2.24, 2.45) is 0 Å². The summed E-state index contributed by atoms with van der Waals surface area (Å²) in [6.07, 6.45) is 1.72. The molecule has 0 saturated carbocycles. The summed E-state index contributed by atoms with van der Waals surface area (Å²) in [7, 11) is -7.51. The first-order valence-electron chi connectivity index (χ1n) is 12.2. The Kier molecular flexibility index (Phi) is 8.89. The third-order valence-electron chi connectivity index (χ3n) is 6.37. The Labute approximate surface area is 229 Å². The molecule has 1 heterocycles. The topological polar surface area (TPSA) is 104 Å². The summed E-state index contributed by atoms with van der Waals surface area (Å²) in [5, 5.41) is 3.15. The molecule has 4 rings (SSSR count). The van der Waals surface area contributed by atoms with Crippen molar-refractivity contribution in [2.45, 2.75) is 42.6 Å². The molecule has 1 aliphatic rings. The van der Waals surface area contributed by atoms with Crippen LogP contribution in [0.2, 0.25) is 5.02 Å². The predicted octanol–water partition coefficient (Wildman–Crippen LogP) is 3.94. The van der Waals surface area contributed by atoms with E-state index in [1.54, 1.807) is 12.1 Å². The molecule has 0 atom stereocenters. The molecule has 0 radical (unpaired) electrons. The lowest BCUT2D eigenvalue weighted by Crippen LogP contribution is -2.40. The van der Waals surface area contributed by atoms with Gasteiger partial charge in [0.1, 0.15) is 0 Å². The van der Waals surface area contributed by atoms with E-state index in [1.807, 2.05) is 31.2 Å². The molecule has 0 bridgehead atoms. The molecule has 3 aromatic carbocycles. The van der Waals surface area contributed by atoms with Crippen LogP contribution in [-0.2, 0) is 37.9 Å². The first-order chi connectivity index (χ1) is 18.1. The van der Waals surface area contributed by atoms with E-state index in [-0.39, 0.29) is 29.4 Å². The summed E-state index contributed by atoms with van der Waals surface area (Å²) in [5.41, 5.74) is 2.48. The van der Waals surface area contributed by atoms with Crippen LogP contribution in [0.5, 0.6) is 0 Å². The Hall–Kier alpha value is -2.76. The van der Waals surface area contributed by atoms with E-state index in [2.05, 4.69) is 5.32 Å². The molecule has 0 spiro atoms. The van der Waals surface area contributed by atoms with Crippen LogP contribution in [0.1, 0.15) is 29.5 Å². The molecule has 1 aliphatic heterocycles. The summed E-state index contributed by atoms with van der Waals surface area (Å²) in [5.74, 6) is -0.483. The molecule has 3 aromatic rings. The quantitative estimate of drug-likeness (QED) is 0.394. The van der Waals surface area contributed by atoms with Crippen LogP contribution in [0.3, 0.4) is 0 Å². The van der Waals surface area contributed by atoms with Gasteiger partial charge in [0.05, 0.1) is 16.3 Å². The van der Waals surface area contributed by atoms with E-state index in [0.29, 0.717) is 23.7 Å². The monoisotopic (exact) mass is 575 g/mol. The Morgan fingerprint density at radius 2 is 1.39 bits per heavy atom. The SMILES string of the molecule is Cc1ccc(CN(CC(=O)NCc2ccc(S(=O)(=O)N3CCCC3)cc2)S(=O)(=O)c2ccc(Cl)cc2)cc1. The first kappa shape index (κ1) is 28.3. The van der Waals surface area contributed by atoms with Gasteiger partial charge in [0.15, 0.2) is 0 Å². The molecule has 8 nitrogen and oxygen atoms in total. The van der Waals surface area contributed by atoms with Crippen molar-refractivity contribution in [3.8, 4) is 0 Å². The smallest absolute Gasteiger partial charge is 0.243 e. The lowest BCUT2D eigenvalue weighted by molar-refractivity contribution is -0.121. The van der Waals surface area contributed by atoms with Gasteiger partial charge in [0.2, 0.25) is 26.0 Å². The molecule has 202 valence electrons. The van der Waals surface area contributed by atoms with Crippen LogP contribution in [0.15, 0.2) is 82.6 Å². The number of sulfonamides is 2. The van der Waals surface area contributed by atoms with Crippen molar-refractivity contribution < 1.29 is 21.6 Å². The maximum atomic E-state index is 13.4. The van der Waals surface area contributed by atoms with Crippen molar-refractivity contribution in [1.29, 1.82) is 0 Å². The maximum absolute atomic E-state index is 13.4. The molecule has 1 fully saturated rings. The number of aryl methyl sites for hydroxylation is 1. The second-order valence-corrected chi connectivity index (χ2v) is 13.6. The fourth-order valence-corrected chi connectivity index (χ4v) is 7.18. The van der Waals surface area contributed by atoms with E-state index < -0.39 is 26.0 Å². The fraction of sp³-hybridized carbons (Fsp3) is 0.296. The average Bonchev–Trinajstić information content (AvgIpc) is 3.45.